The molecule has 13 nitrogen and oxygen atoms in total. The monoisotopic (exact) mass is 770 g/mol. The quantitative estimate of drug-likeness (QED) is 0.308. The first kappa shape index (κ1) is 38.5. The van der Waals surface area contributed by atoms with Crippen molar-refractivity contribution < 1.29 is 31.5 Å². The Bertz CT molecular complexity index is 1850. The first-order chi connectivity index (χ1) is 25.7. The van der Waals surface area contributed by atoms with Gasteiger partial charge in [-0.15, -0.1) is 0 Å². The van der Waals surface area contributed by atoms with Crippen molar-refractivity contribution in [2.75, 3.05) is 63.8 Å². The first-order valence-corrected chi connectivity index (χ1v) is 20.5. The third-order valence-corrected chi connectivity index (χ3v) is 14.1. The predicted molar refractivity (Wildman–Crippen MR) is 199 cm³/mol. The topological polar surface area (TPSA) is 123 Å². The number of anilines is 1. The van der Waals surface area contributed by atoms with Crippen LogP contribution < -0.4 is 9.64 Å². The summed E-state index contributed by atoms with van der Waals surface area (Å²) >= 11 is 0. The van der Waals surface area contributed by atoms with Crippen LogP contribution in [0.1, 0.15) is 70.2 Å². The van der Waals surface area contributed by atoms with E-state index in [0.717, 1.165) is 58.4 Å². The summed E-state index contributed by atoms with van der Waals surface area (Å²) in [5.74, 6) is -0.836. The highest BCUT2D eigenvalue weighted by Crippen LogP contribution is 2.45. The van der Waals surface area contributed by atoms with Gasteiger partial charge in [0.05, 0.1) is 11.8 Å². The van der Waals surface area contributed by atoms with E-state index in [1.165, 1.54) is 33.7 Å². The van der Waals surface area contributed by atoms with Crippen molar-refractivity contribution in [3.05, 3.63) is 54.5 Å². The van der Waals surface area contributed by atoms with E-state index in [0.29, 0.717) is 37.0 Å². The molecule has 7 rings (SSSR count). The number of aromatic nitrogens is 2. The van der Waals surface area contributed by atoms with Gasteiger partial charge in [0.2, 0.25) is 0 Å². The van der Waals surface area contributed by atoms with Gasteiger partial charge in [-0.05, 0) is 97.0 Å². The van der Waals surface area contributed by atoms with E-state index < -0.39 is 27.8 Å². The number of fused-ring (bicyclic) bond motifs is 2. The molecule has 5 fully saturated rings. The zero-order chi connectivity index (χ0) is 38.5. The van der Waals surface area contributed by atoms with Crippen LogP contribution in [0.15, 0.2) is 43.1 Å². The number of amides is 2. The van der Waals surface area contributed by atoms with Crippen LogP contribution in [-0.2, 0) is 15.0 Å². The number of piperazine rings is 1. The zero-order valence-electron chi connectivity index (χ0n) is 31.7. The molecule has 2 atom stereocenters. The second kappa shape index (κ2) is 15.1. The van der Waals surface area contributed by atoms with Crippen molar-refractivity contribution in [1.29, 1.82) is 0 Å². The summed E-state index contributed by atoms with van der Waals surface area (Å²) in [6.45, 7) is 16.7. The molecule has 2 bridgehead atoms. The fourth-order valence-electron chi connectivity index (χ4n) is 9.29. The number of carbonyl (C=O) groups excluding carboxylic acids is 2. The number of hydrogen-bond donors (Lipinski definition) is 0. The molecule has 0 aliphatic carbocycles. The van der Waals surface area contributed by atoms with Crippen molar-refractivity contribution in [2.45, 2.75) is 84.0 Å². The third kappa shape index (κ3) is 7.46. The molecule has 2 aromatic rings. The van der Waals surface area contributed by atoms with Crippen LogP contribution in [0.3, 0.4) is 0 Å². The molecule has 294 valence electrons. The van der Waals surface area contributed by atoms with Gasteiger partial charge < -0.3 is 24.3 Å². The Balaban J connectivity index is 0.896. The average Bonchev–Trinajstić information content (AvgIpc) is 3.74. The minimum absolute atomic E-state index is 0.0824. The molecule has 2 amide bonds. The summed E-state index contributed by atoms with van der Waals surface area (Å²) in [7, 11) is -3.65. The lowest BCUT2D eigenvalue weighted by Gasteiger charge is -2.54. The van der Waals surface area contributed by atoms with Crippen molar-refractivity contribution in [1.82, 2.24) is 33.3 Å². The molecular formula is C38H52F2N8O5S. The van der Waals surface area contributed by atoms with E-state index in [2.05, 4.69) is 26.3 Å². The van der Waals surface area contributed by atoms with E-state index in [1.54, 1.807) is 15.4 Å². The number of halogens is 2. The third-order valence-electron chi connectivity index (χ3n) is 12.1. The number of nitrogens with zero attached hydrogens (tertiary/aromatic N) is 8. The molecule has 1 aromatic carbocycles. The van der Waals surface area contributed by atoms with Gasteiger partial charge in [0.25, 0.3) is 22.0 Å². The summed E-state index contributed by atoms with van der Waals surface area (Å²) in [5.41, 5.74) is 0.313. The highest BCUT2D eigenvalue weighted by atomic mass is 32.2. The number of likely N-dealkylation sites (tertiary alicyclic amines) is 2. The predicted octanol–water partition coefficient (Wildman–Crippen LogP) is 4.29. The van der Waals surface area contributed by atoms with Crippen molar-refractivity contribution in [3.8, 4) is 11.5 Å². The van der Waals surface area contributed by atoms with Gasteiger partial charge in [0, 0.05) is 75.4 Å². The lowest BCUT2D eigenvalue weighted by atomic mass is 9.72. The molecule has 0 saturated carbocycles. The van der Waals surface area contributed by atoms with Crippen LogP contribution in [0.5, 0.6) is 11.5 Å². The van der Waals surface area contributed by atoms with Gasteiger partial charge in [-0.25, -0.2) is 18.7 Å². The molecule has 5 aliphatic rings. The molecule has 0 N–H and O–H groups in total. The smallest absolute Gasteiger partial charge is 0.282 e. The molecule has 5 aliphatic heterocycles. The number of carbonyl (C=O) groups is 2. The Hall–Kier alpha value is -3.73. The molecule has 0 radical (unpaired) electrons. The number of rotatable bonds is 11. The van der Waals surface area contributed by atoms with E-state index in [-0.39, 0.29) is 59.9 Å². The minimum Gasteiger partial charge on any atom is -0.451 e. The average molecular weight is 771 g/mol. The molecule has 1 spiro atoms. The standard InChI is InChI=1S/C38H52F2N8O5S/c1-25(2)48(26(3)4)37(50)32-16-29(40)6-7-33(32)53-34-18-41-24-42-35(34)44-22-38(23-44)10-14-43(15-11-38)19-28-8-12-45(13-9-28)54(51,52)47-21-30-17-31(47)20-46(30)36(49)27(5)39/h6-7,16,18,24-26,28,30-31H,5,8-15,17,19-23H2,1-4H3/t30-,31-/m0/s1. The summed E-state index contributed by atoms with van der Waals surface area (Å²) in [6, 6.07) is 3.21. The highest BCUT2D eigenvalue weighted by molar-refractivity contribution is 7.86. The Morgan fingerprint density at radius 1 is 1.02 bits per heavy atom. The van der Waals surface area contributed by atoms with Crippen LogP contribution in [0.25, 0.3) is 0 Å². The van der Waals surface area contributed by atoms with E-state index in [4.69, 9.17) is 4.74 Å². The molecule has 54 heavy (non-hydrogen) atoms. The van der Waals surface area contributed by atoms with Gasteiger partial charge in [0.1, 0.15) is 17.9 Å². The highest BCUT2D eigenvalue weighted by Gasteiger charge is 2.52. The molecule has 0 unspecified atom stereocenters. The zero-order valence-corrected chi connectivity index (χ0v) is 32.5. The van der Waals surface area contributed by atoms with Crippen LogP contribution >= 0.6 is 0 Å². The number of benzene rings is 1. The van der Waals surface area contributed by atoms with Crippen LogP contribution in [0, 0.1) is 17.2 Å². The second-order valence-corrected chi connectivity index (χ2v) is 18.2. The van der Waals surface area contributed by atoms with Gasteiger partial charge >= 0.3 is 0 Å². The fourth-order valence-corrected chi connectivity index (χ4v) is 11.2. The lowest BCUT2D eigenvalue weighted by Crippen LogP contribution is -2.61. The van der Waals surface area contributed by atoms with E-state index >= 15 is 0 Å². The maximum Gasteiger partial charge on any atom is 0.282 e. The first-order valence-electron chi connectivity index (χ1n) is 19.2. The van der Waals surface area contributed by atoms with Gasteiger partial charge in [-0.3, -0.25) is 9.59 Å². The fraction of sp³-hybridized carbons (Fsp3) is 0.632. The summed E-state index contributed by atoms with van der Waals surface area (Å²) in [4.78, 5) is 42.3. The van der Waals surface area contributed by atoms with Gasteiger partial charge in [-0.1, -0.05) is 6.58 Å². The molecule has 1 aromatic heterocycles. The lowest BCUT2D eigenvalue weighted by molar-refractivity contribution is -0.130. The Morgan fingerprint density at radius 2 is 1.70 bits per heavy atom. The summed E-state index contributed by atoms with van der Waals surface area (Å²) in [5, 5.41) is 0. The van der Waals surface area contributed by atoms with E-state index in [1.807, 2.05) is 27.7 Å². The van der Waals surface area contributed by atoms with Crippen LogP contribution in [0.2, 0.25) is 0 Å². The number of hydrogen-bond acceptors (Lipinski definition) is 9. The maximum atomic E-state index is 14.4. The van der Waals surface area contributed by atoms with E-state index in [9.17, 15) is 26.8 Å². The van der Waals surface area contributed by atoms with Crippen LogP contribution in [-0.4, -0.2) is 137 Å². The number of ether oxygens (including phenoxy) is 1. The Labute approximate surface area is 317 Å². The van der Waals surface area contributed by atoms with Crippen molar-refractivity contribution >= 4 is 27.8 Å². The van der Waals surface area contributed by atoms with Crippen molar-refractivity contribution in [3.63, 3.8) is 0 Å². The second-order valence-electron chi connectivity index (χ2n) is 16.3. The normalized spacial score (nSPS) is 23.7. The van der Waals surface area contributed by atoms with Crippen LogP contribution in [0.4, 0.5) is 14.6 Å². The number of piperidine rings is 2. The van der Waals surface area contributed by atoms with Gasteiger partial charge in [0.15, 0.2) is 17.4 Å². The molecule has 5 saturated heterocycles. The largest absolute Gasteiger partial charge is 0.451 e. The minimum atomic E-state index is -3.65. The maximum absolute atomic E-state index is 14.4. The van der Waals surface area contributed by atoms with Crippen molar-refractivity contribution in [2.24, 2.45) is 11.3 Å². The summed E-state index contributed by atoms with van der Waals surface area (Å²) in [6.07, 6.45) is 7.29. The molecule has 16 heteroatoms. The van der Waals surface area contributed by atoms with Gasteiger partial charge in [-0.2, -0.15) is 17.0 Å². The molecular weight excluding hydrogens is 719 g/mol. The Morgan fingerprint density at radius 3 is 2.31 bits per heavy atom. The Kier molecular flexibility index (Phi) is 10.8. The molecule has 6 heterocycles. The summed E-state index contributed by atoms with van der Waals surface area (Å²) < 4.78 is 64.4. The SMILES string of the molecule is C=C(F)C(=O)N1C[C@@H]2C[C@H]1CN2S(=O)(=O)N1CCC(CN2CCC3(CC2)CN(c2ncncc2Oc2ccc(F)cc2C(=O)N(C(C)C)C(C)C)C3)CC1.